The molecule has 1 amide bonds. The molecule has 1 saturated carbocycles. The van der Waals surface area contributed by atoms with Crippen LogP contribution in [0.5, 0.6) is 0 Å². The Bertz CT molecular complexity index is 281. The zero-order valence-corrected chi connectivity index (χ0v) is 11.2. The molecule has 2 aliphatic heterocycles. The van der Waals surface area contributed by atoms with E-state index in [0.29, 0.717) is 18.0 Å². The van der Waals surface area contributed by atoms with Gasteiger partial charge in [-0.15, -0.1) is 0 Å². The van der Waals surface area contributed by atoms with E-state index in [4.69, 9.17) is 0 Å². The molecule has 2 heterocycles. The summed E-state index contributed by atoms with van der Waals surface area (Å²) in [5.41, 5.74) is 0. The lowest BCUT2D eigenvalue weighted by atomic mass is 9.97. The summed E-state index contributed by atoms with van der Waals surface area (Å²) >= 11 is 2.01. The van der Waals surface area contributed by atoms with E-state index in [1.807, 2.05) is 11.8 Å². The molecule has 4 heteroatoms. The molecule has 17 heavy (non-hydrogen) atoms. The number of hydrogen-bond donors (Lipinski definition) is 1. The van der Waals surface area contributed by atoms with Crippen molar-refractivity contribution in [3.63, 3.8) is 0 Å². The van der Waals surface area contributed by atoms with Crippen molar-refractivity contribution in [2.75, 3.05) is 24.6 Å². The van der Waals surface area contributed by atoms with Gasteiger partial charge in [-0.2, -0.15) is 11.8 Å². The van der Waals surface area contributed by atoms with Gasteiger partial charge in [0.05, 0.1) is 5.92 Å². The fourth-order valence-electron chi connectivity index (χ4n) is 3.03. The van der Waals surface area contributed by atoms with Crippen LogP contribution in [0.15, 0.2) is 0 Å². The average Bonchev–Trinajstić information content (AvgIpc) is 3.05. The van der Waals surface area contributed by atoms with Crippen molar-refractivity contribution in [3.8, 4) is 0 Å². The van der Waals surface area contributed by atoms with E-state index in [9.17, 15) is 4.79 Å². The van der Waals surface area contributed by atoms with Crippen LogP contribution < -0.4 is 5.32 Å². The highest BCUT2D eigenvalue weighted by molar-refractivity contribution is 7.99. The van der Waals surface area contributed by atoms with Crippen LogP contribution in [0.3, 0.4) is 0 Å². The Balaban J connectivity index is 1.66. The molecule has 2 saturated heterocycles. The third-order valence-corrected chi connectivity index (χ3v) is 5.28. The van der Waals surface area contributed by atoms with E-state index in [-0.39, 0.29) is 5.92 Å². The third-order valence-electron chi connectivity index (χ3n) is 4.14. The first-order valence-corrected chi connectivity index (χ1v) is 8.12. The first kappa shape index (κ1) is 11.8. The number of nitrogens with one attached hydrogen (secondary N) is 1. The summed E-state index contributed by atoms with van der Waals surface area (Å²) in [6, 6.07) is 1.13. The molecule has 1 N–H and O–H groups in total. The number of hydrogen-bond acceptors (Lipinski definition) is 3. The van der Waals surface area contributed by atoms with Crippen molar-refractivity contribution < 1.29 is 4.79 Å². The van der Waals surface area contributed by atoms with Crippen LogP contribution in [0.2, 0.25) is 0 Å². The summed E-state index contributed by atoms with van der Waals surface area (Å²) in [5.74, 6) is 3.12. The van der Waals surface area contributed by atoms with Crippen LogP contribution in [0.4, 0.5) is 0 Å². The maximum atomic E-state index is 12.6. The van der Waals surface area contributed by atoms with Crippen molar-refractivity contribution in [2.24, 2.45) is 5.92 Å². The van der Waals surface area contributed by atoms with Gasteiger partial charge in [0.1, 0.15) is 0 Å². The molecule has 1 aliphatic carbocycles. The lowest BCUT2D eigenvalue weighted by Crippen LogP contribution is -2.48. The highest BCUT2D eigenvalue weighted by Gasteiger charge is 2.40. The van der Waals surface area contributed by atoms with Crippen LogP contribution >= 0.6 is 11.8 Å². The molecule has 3 rings (SSSR count). The quantitative estimate of drug-likeness (QED) is 0.828. The van der Waals surface area contributed by atoms with Crippen molar-refractivity contribution in [2.45, 2.75) is 44.2 Å². The summed E-state index contributed by atoms with van der Waals surface area (Å²) in [7, 11) is 0. The van der Waals surface area contributed by atoms with Gasteiger partial charge in [0.25, 0.3) is 0 Å². The minimum absolute atomic E-state index is 0.259. The summed E-state index contributed by atoms with van der Waals surface area (Å²) < 4.78 is 0. The Hall–Kier alpha value is -0.220. The van der Waals surface area contributed by atoms with E-state index in [1.54, 1.807) is 0 Å². The molecule has 0 aromatic carbocycles. The molecular formula is C13H22N2OS. The zero-order chi connectivity index (χ0) is 11.7. The number of amides is 1. The minimum Gasteiger partial charge on any atom is -0.336 e. The number of piperidine rings is 1. The smallest absolute Gasteiger partial charge is 0.227 e. The van der Waals surface area contributed by atoms with Crippen LogP contribution in [0, 0.1) is 5.92 Å². The predicted molar refractivity (Wildman–Crippen MR) is 71.2 cm³/mol. The van der Waals surface area contributed by atoms with Gasteiger partial charge >= 0.3 is 0 Å². The summed E-state index contributed by atoms with van der Waals surface area (Å²) in [5, 5.41) is 3.37. The van der Waals surface area contributed by atoms with E-state index < -0.39 is 0 Å². The lowest BCUT2D eigenvalue weighted by Gasteiger charge is -2.33. The van der Waals surface area contributed by atoms with Gasteiger partial charge in [0.15, 0.2) is 0 Å². The van der Waals surface area contributed by atoms with Crippen LogP contribution in [0.25, 0.3) is 0 Å². The van der Waals surface area contributed by atoms with Gasteiger partial charge in [-0.25, -0.2) is 0 Å². The number of carbonyl (C=O) groups is 1. The Morgan fingerprint density at radius 2 is 2.06 bits per heavy atom. The molecule has 0 bridgehead atoms. The SMILES string of the molecule is O=C([C@H]1CCCNC1)N(C1CC1)[C@@H]1CCSC1. The standard InChI is InChI=1S/C13H22N2OS/c16-13(10-2-1-6-14-8-10)15(11-3-4-11)12-5-7-17-9-12/h10-12,14H,1-9H2/t10-,12+/m0/s1. The number of carbonyl (C=O) groups excluding carboxylic acids is 1. The topological polar surface area (TPSA) is 32.3 Å². The number of nitrogens with zero attached hydrogens (tertiary/aromatic N) is 1. The average molecular weight is 254 g/mol. The molecule has 0 unspecified atom stereocenters. The lowest BCUT2D eigenvalue weighted by molar-refractivity contribution is -0.138. The van der Waals surface area contributed by atoms with E-state index in [1.165, 1.54) is 30.8 Å². The Labute approximate surface area is 108 Å². The fraction of sp³-hybridized carbons (Fsp3) is 0.923. The molecule has 3 aliphatic rings. The second-order valence-corrected chi connectivity index (χ2v) is 6.69. The Morgan fingerprint density at radius 3 is 2.65 bits per heavy atom. The van der Waals surface area contributed by atoms with Gasteiger partial charge in [-0.1, -0.05) is 0 Å². The largest absolute Gasteiger partial charge is 0.336 e. The van der Waals surface area contributed by atoms with E-state index >= 15 is 0 Å². The van der Waals surface area contributed by atoms with Crippen LogP contribution in [-0.4, -0.2) is 47.5 Å². The predicted octanol–water partition coefficient (Wildman–Crippen LogP) is 1.48. The molecule has 3 fully saturated rings. The molecule has 2 atom stereocenters. The van der Waals surface area contributed by atoms with Gasteiger partial charge in [0.2, 0.25) is 5.91 Å². The van der Waals surface area contributed by atoms with Gasteiger partial charge in [-0.05, 0) is 44.4 Å². The second-order valence-electron chi connectivity index (χ2n) is 5.54. The zero-order valence-electron chi connectivity index (χ0n) is 10.4. The highest BCUT2D eigenvalue weighted by Crippen LogP contribution is 2.35. The monoisotopic (exact) mass is 254 g/mol. The normalized spacial score (nSPS) is 33.6. The van der Waals surface area contributed by atoms with Gasteiger partial charge in [0, 0.05) is 24.4 Å². The minimum atomic E-state index is 0.259. The molecule has 96 valence electrons. The van der Waals surface area contributed by atoms with Crippen LogP contribution in [-0.2, 0) is 4.79 Å². The Kier molecular flexibility index (Phi) is 3.61. The molecule has 3 nitrogen and oxygen atoms in total. The maximum absolute atomic E-state index is 12.6. The third kappa shape index (κ3) is 2.63. The molecular weight excluding hydrogens is 232 g/mol. The first-order valence-electron chi connectivity index (χ1n) is 6.97. The summed E-state index contributed by atoms with van der Waals surface area (Å²) in [6.45, 7) is 1.99. The molecule has 0 aromatic heterocycles. The van der Waals surface area contributed by atoms with E-state index in [2.05, 4.69) is 10.2 Å². The highest BCUT2D eigenvalue weighted by atomic mass is 32.2. The maximum Gasteiger partial charge on any atom is 0.227 e. The van der Waals surface area contributed by atoms with Crippen LogP contribution in [0.1, 0.15) is 32.1 Å². The van der Waals surface area contributed by atoms with Crippen molar-refractivity contribution in [3.05, 3.63) is 0 Å². The van der Waals surface area contributed by atoms with Crippen molar-refractivity contribution in [1.29, 1.82) is 0 Å². The molecule has 0 spiro atoms. The van der Waals surface area contributed by atoms with Gasteiger partial charge < -0.3 is 10.2 Å². The molecule has 0 aromatic rings. The van der Waals surface area contributed by atoms with Gasteiger partial charge in [-0.3, -0.25) is 4.79 Å². The second kappa shape index (κ2) is 5.19. The Morgan fingerprint density at radius 1 is 1.18 bits per heavy atom. The number of thioether (sulfide) groups is 1. The van der Waals surface area contributed by atoms with Crippen molar-refractivity contribution in [1.82, 2.24) is 10.2 Å². The molecule has 0 radical (unpaired) electrons. The van der Waals surface area contributed by atoms with E-state index in [0.717, 1.165) is 25.9 Å². The van der Waals surface area contributed by atoms with Crippen molar-refractivity contribution >= 4 is 17.7 Å². The fourth-order valence-corrected chi connectivity index (χ4v) is 4.23. The summed E-state index contributed by atoms with van der Waals surface area (Å²) in [4.78, 5) is 14.9. The first-order chi connectivity index (χ1) is 8.36. The number of rotatable bonds is 3. The summed E-state index contributed by atoms with van der Waals surface area (Å²) in [6.07, 6.45) is 5.95.